The molecule has 38 heavy (non-hydrogen) atoms. The largest absolute Gasteiger partial charge is 0.497 e. The van der Waals surface area contributed by atoms with Gasteiger partial charge in [0.15, 0.2) is 6.10 Å². The van der Waals surface area contributed by atoms with E-state index in [4.69, 9.17) is 14.2 Å². The van der Waals surface area contributed by atoms with E-state index < -0.39 is 12.1 Å². The number of carbonyl (C=O) groups is 2. The smallest absolute Gasteiger partial charge is 0.332 e. The predicted molar refractivity (Wildman–Crippen MR) is 152 cm³/mol. The lowest BCUT2D eigenvalue weighted by molar-refractivity contribution is -0.152. The Balaban J connectivity index is 1.59. The standard InChI is InChI=1S/C29H34N2O5S2/c1-4-35-26(32)20-36-27-28(21-11-13-22(34-3)14-12-21)38-25-10-6-5-9-24(25)31(29(27)33)18-17-30(2)16-15-23-8-7-19-37-23/h5-14,19,27-28H,4,15-18,20H2,1-3H3/t27-,28+/m0/s1. The van der Waals surface area contributed by atoms with E-state index in [1.807, 2.05) is 53.4 Å². The Bertz CT molecular complexity index is 1190. The zero-order valence-electron chi connectivity index (χ0n) is 22.0. The van der Waals surface area contributed by atoms with Gasteiger partial charge < -0.3 is 24.0 Å². The Kier molecular flexibility index (Phi) is 10.2. The van der Waals surface area contributed by atoms with Crippen LogP contribution in [0.25, 0.3) is 0 Å². The summed E-state index contributed by atoms with van der Waals surface area (Å²) in [5.41, 5.74) is 1.78. The maximum Gasteiger partial charge on any atom is 0.332 e. The summed E-state index contributed by atoms with van der Waals surface area (Å²) in [6.45, 7) is 3.82. The van der Waals surface area contributed by atoms with E-state index in [9.17, 15) is 9.59 Å². The molecule has 3 aromatic rings. The molecular weight excluding hydrogens is 520 g/mol. The summed E-state index contributed by atoms with van der Waals surface area (Å²) in [7, 11) is 3.70. The Morgan fingerprint density at radius 1 is 1.05 bits per heavy atom. The number of likely N-dealkylation sites (N-methyl/N-ethyl adjacent to an activating group) is 1. The van der Waals surface area contributed by atoms with Crippen LogP contribution in [-0.4, -0.2) is 69.9 Å². The first-order valence-electron chi connectivity index (χ1n) is 12.7. The summed E-state index contributed by atoms with van der Waals surface area (Å²) in [5.74, 6) is 0.0786. The van der Waals surface area contributed by atoms with Crippen molar-refractivity contribution in [1.82, 2.24) is 4.90 Å². The van der Waals surface area contributed by atoms with Crippen molar-refractivity contribution in [2.45, 2.75) is 29.6 Å². The third kappa shape index (κ3) is 7.17. The second-order valence-corrected chi connectivity index (χ2v) is 11.2. The number of nitrogens with zero attached hydrogens (tertiary/aromatic N) is 2. The number of hydrogen-bond acceptors (Lipinski definition) is 8. The zero-order chi connectivity index (χ0) is 26.9. The Labute approximate surface area is 232 Å². The van der Waals surface area contributed by atoms with Gasteiger partial charge in [0.25, 0.3) is 5.91 Å². The van der Waals surface area contributed by atoms with Crippen LogP contribution in [0.5, 0.6) is 5.75 Å². The predicted octanol–water partition coefficient (Wildman–Crippen LogP) is 5.06. The summed E-state index contributed by atoms with van der Waals surface area (Å²) in [5, 5.41) is 1.74. The number of fused-ring (bicyclic) bond motifs is 1. The third-order valence-electron chi connectivity index (χ3n) is 6.35. The van der Waals surface area contributed by atoms with Crippen molar-refractivity contribution < 1.29 is 23.8 Å². The minimum absolute atomic E-state index is 0.167. The van der Waals surface area contributed by atoms with Crippen LogP contribution in [0.4, 0.5) is 5.69 Å². The summed E-state index contributed by atoms with van der Waals surface area (Å²) < 4.78 is 16.5. The van der Waals surface area contributed by atoms with Crippen molar-refractivity contribution in [3.63, 3.8) is 0 Å². The van der Waals surface area contributed by atoms with Gasteiger partial charge in [-0.1, -0.05) is 30.3 Å². The summed E-state index contributed by atoms with van der Waals surface area (Å²) in [6, 6.07) is 19.8. The zero-order valence-corrected chi connectivity index (χ0v) is 23.6. The SMILES string of the molecule is CCOC(=O)CO[C@@H]1C(=O)N(CCN(C)CCc2cccs2)c2ccccc2S[C@@H]1c1ccc(OC)cc1. The highest BCUT2D eigenvalue weighted by molar-refractivity contribution is 7.99. The maximum absolute atomic E-state index is 14.1. The fourth-order valence-corrected chi connectivity index (χ4v) is 6.34. The highest BCUT2D eigenvalue weighted by Crippen LogP contribution is 2.46. The molecule has 2 aromatic carbocycles. The molecule has 0 saturated heterocycles. The van der Waals surface area contributed by atoms with Crippen LogP contribution in [0.15, 0.2) is 70.9 Å². The molecule has 0 fully saturated rings. The molecule has 0 spiro atoms. The molecule has 9 heteroatoms. The molecule has 0 radical (unpaired) electrons. The number of methoxy groups -OCH3 is 1. The minimum Gasteiger partial charge on any atom is -0.497 e. The van der Waals surface area contributed by atoms with Gasteiger partial charge in [-0.25, -0.2) is 4.79 Å². The lowest BCUT2D eigenvalue weighted by Crippen LogP contribution is -2.45. The molecule has 202 valence electrons. The van der Waals surface area contributed by atoms with Crippen molar-refractivity contribution >= 4 is 40.7 Å². The second kappa shape index (κ2) is 13.8. The van der Waals surface area contributed by atoms with E-state index in [0.29, 0.717) is 13.1 Å². The van der Waals surface area contributed by atoms with Crippen molar-refractivity contribution in [3.8, 4) is 5.75 Å². The van der Waals surface area contributed by atoms with Gasteiger partial charge in [-0.3, -0.25) is 4.79 Å². The van der Waals surface area contributed by atoms with E-state index in [1.165, 1.54) is 4.88 Å². The number of thiophene rings is 1. The lowest BCUT2D eigenvalue weighted by atomic mass is 10.1. The molecule has 1 aromatic heterocycles. The molecule has 1 amide bonds. The molecule has 0 unspecified atom stereocenters. The molecule has 7 nitrogen and oxygen atoms in total. The van der Waals surface area contributed by atoms with Gasteiger partial charge in [-0.2, -0.15) is 0 Å². The van der Waals surface area contributed by atoms with Crippen LogP contribution in [0, 0.1) is 0 Å². The van der Waals surface area contributed by atoms with Gasteiger partial charge in [0, 0.05) is 29.4 Å². The van der Waals surface area contributed by atoms with Crippen molar-refractivity contribution in [2.75, 3.05) is 51.9 Å². The quantitative estimate of drug-likeness (QED) is 0.290. The minimum atomic E-state index is -0.873. The molecular formula is C29H34N2O5S2. The first-order valence-corrected chi connectivity index (χ1v) is 14.4. The number of benzene rings is 2. The van der Waals surface area contributed by atoms with Gasteiger partial charge in [0.2, 0.25) is 0 Å². The molecule has 1 aliphatic rings. The maximum atomic E-state index is 14.1. The number of esters is 1. The summed E-state index contributed by atoms with van der Waals surface area (Å²) in [4.78, 5) is 32.7. The highest BCUT2D eigenvalue weighted by atomic mass is 32.2. The molecule has 0 N–H and O–H groups in total. The number of hydrogen-bond donors (Lipinski definition) is 0. The van der Waals surface area contributed by atoms with Gasteiger partial charge in [0.1, 0.15) is 12.4 Å². The molecule has 0 saturated carbocycles. The Hall–Kier alpha value is -2.85. The van der Waals surface area contributed by atoms with Crippen LogP contribution in [0.1, 0.15) is 22.6 Å². The second-order valence-electron chi connectivity index (χ2n) is 8.94. The van der Waals surface area contributed by atoms with E-state index >= 15 is 0 Å². The number of para-hydroxylation sites is 1. The van der Waals surface area contributed by atoms with Gasteiger partial charge in [-0.05, 0) is 61.7 Å². The van der Waals surface area contributed by atoms with Gasteiger partial charge >= 0.3 is 5.97 Å². The Morgan fingerprint density at radius 3 is 2.55 bits per heavy atom. The van der Waals surface area contributed by atoms with E-state index in [2.05, 4.69) is 29.5 Å². The number of ether oxygens (including phenoxy) is 3. The number of anilines is 1. The van der Waals surface area contributed by atoms with Gasteiger partial charge in [-0.15, -0.1) is 23.1 Å². The number of rotatable bonds is 12. The van der Waals surface area contributed by atoms with Crippen molar-refractivity contribution in [3.05, 3.63) is 76.5 Å². The number of amides is 1. The average molecular weight is 555 g/mol. The van der Waals surface area contributed by atoms with Crippen LogP contribution in [0.3, 0.4) is 0 Å². The molecule has 2 atom stereocenters. The third-order valence-corrected chi connectivity index (χ3v) is 8.66. The summed E-state index contributed by atoms with van der Waals surface area (Å²) in [6.07, 6.45) is 0.0981. The monoisotopic (exact) mass is 554 g/mol. The van der Waals surface area contributed by atoms with E-state index in [1.54, 1.807) is 37.1 Å². The van der Waals surface area contributed by atoms with E-state index in [0.717, 1.165) is 34.9 Å². The van der Waals surface area contributed by atoms with Crippen molar-refractivity contribution in [2.24, 2.45) is 0 Å². The molecule has 4 rings (SSSR count). The van der Waals surface area contributed by atoms with Gasteiger partial charge in [0.05, 0.1) is 24.7 Å². The lowest BCUT2D eigenvalue weighted by Gasteiger charge is -2.29. The Morgan fingerprint density at radius 2 is 1.84 bits per heavy atom. The molecule has 1 aliphatic heterocycles. The van der Waals surface area contributed by atoms with Crippen LogP contribution >= 0.6 is 23.1 Å². The normalized spacial score (nSPS) is 17.3. The molecule has 0 aliphatic carbocycles. The average Bonchev–Trinajstić information content (AvgIpc) is 3.42. The highest BCUT2D eigenvalue weighted by Gasteiger charge is 2.39. The molecule has 2 heterocycles. The fraction of sp³-hybridized carbons (Fsp3) is 0.379. The van der Waals surface area contributed by atoms with E-state index in [-0.39, 0.29) is 24.4 Å². The number of thioether (sulfide) groups is 1. The number of carbonyl (C=O) groups excluding carboxylic acids is 2. The molecule has 0 bridgehead atoms. The first-order chi connectivity index (χ1) is 18.5. The first kappa shape index (κ1) is 28.2. The summed E-state index contributed by atoms with van der Waals surface area (Å²) >= 11 is 3.34. The fourth-order valence-electron chi connectivity index (χ4n) is 4.30. The van der Waals surface area contributed by atoms with Crippen LogP contribution in [0.2, 0.25) is 0 Å². The topological polar surface area (TPSA) is 68.3 Å². The van der Waals surface area contributed by atoms with Crippen LogP contribution in [-0.2, 0) is 25.5 Å². The van der Waals surface area contributed by atoms with Crippen LogP contribution < -0.4 is 9.64 Å². The van der Waals surface area contributed by atoms with Crippen molar-refractivity contribution in [1.29, 1.82) is 0 Å².